The van der Waals surface area contributed by atoms with Crippen molar-refractivity contribution >= 4 is 11.3 Å². The summed E-state index contributed by atoms with van der Waals surface area (Å²) in [6.45, 7) is 1.89. The fourth-order valence-electron chi connectivity index (χ4n) is 1.19. The van der Waals surface area contributed by atoms with E-state index >= 15 is 0 Å². The highest BCUT2D eigenvalue weighted by molar-refractivity contribution is 7.13. The largest absolute Gasteiger partial charge is 0.323 e. The molecule has 72 valence electrons. The van der Waals surface area contributed by atoms with E-state index in [9.17, 15) is 0 Å². The Bertz CT molecular complexity index is 411. The number of nitrogens with two attached hydrogens (primary N) is 1. The molecular formula is C9H10N4S. The first-order chi connectivity index (χ1) is 6.79. The molecule has 2 aromatic heterocycles. The predicted octanol–water partition coefficient (Wildman–Crippen LogP) is 1.62. The molecular weight excluding hydrogens is 196 g/mol. The third kappa shape index (κ3) is 1.64. The molecule has 0 aliphatic rings. The first-order valence-corrected chi connectivity index (χ1v) is 5.13. The average Bonchev–Trinajstić information content (AvgIpc) is 2.70. The molecule has 0 aliphatic heterocycles. The van der Waals surface area contributed by atoms with Crippen LogP contribution in [0, 0.1) is 0 Å². The van der Waals surface area contributed by atoms with Gasteiger partial charge in [-0.2, -0.15) is 0 Å². The molecule has 0 saturated carbocycles. The summed E-state index contributed by atoms with van der Waals surface area (Å²) in [6.07, 6.45) is 5.05. The van der Waals surface area contributed by atoms with E-state index in [0.717, 1.165) is 16.4 Å². The van der Waals surface area contributed by atoms with Crippen molar-refractivity contribution in [1.82, 2.24) is 15.0 Å². The van der Waals surface area contributed by atoms with Crippen LogP contribution in [0.2, 0.25) is 0 Å². The second-order valence-corrected chi connectivity index (χ2v) is 3.81. The zero-order valence-electron chi connectivity index (χ0n) is 7.71. The van der Waals surface area contributed by atoms with Gasteiger partial charge in [0.2, 0.25) is 0 Å². The lowest BCUT2D eigenvalue weighted by molar-refractivity contribution is 0.775. The Labute approximate surface area is 85.9 Å². The van der Waals surface area contributed by atoms with Gasteiger partial charge >= 0.3 is 0 Å². The third-order valence-corrected chi connectivity index (χ3v) is 2.57. The normalized spacial score (nSPS) is 12.7. The Morgan fingerprint density at radius 2 is 2.00 bits per heavy atom. The lowest BCUT2D eigenvalue weighted by atomic mass is 10.2. The summed E-state index contributed by atoms with van der Waals surface area (Å²) in [5.74, 6) is 0. The number of hydrogen-bond donors (Lipinski definition) is 1. The second-order valence-electron chi connectivity index (χ2n) is 2.92. The first kappa shape index (κ1) is 9.23. The van der Waals surface area contributed by atoms with Gasteiger partial charge in [0.1, 0.15) is 10.7 Å². The van der Waals surface area contributed by atoms with Crippen molar-refractivity contribution in [2.24, 2.45) is 5.73 Å². The minimum Gasteiger partial charge on any atom is -0.323 e. The number of nitrogens with zero attached hydrogens (tertiary/aromatic N) is 3. The number of thiazole rings is 1. The fraction of sp³-hybridized carbons (Fsp3) is 0.222. The van der Waals surface area contributed by atoms with Gasteiger partial charge in [0.25, 0.3) is 0 Å². The summed E-state index contributed by atoms with van der Waals surface area (Å²) in [5.41, 5.74) is 7.38. The van der Waals surface area contributed by atoms with Gasteiger partial charge in [-0.15, -0.1) is 11.3 Å². The highest BCUT2D eigenvalue weighted by Gasteiger charge is 2.12. The monoisotopic (exact) mass is 206 g/mol. The van der Waals surface area contributed by atoms with Crippen LogP contribution in [-0.4, -0.2) is 15.0 Å². The summed E-state index contributed by atoms with van der Waals surface area (Å²) < 4.78 is 0. The van der Waals surface area contributed by atoms with Crippen molar-refractivity contribution < 1.29 is 0 Å². The molecule has 5 heteroatoms. The van der Waals surface area contributed by atoms with Gasteiger partial charge in [0.05, 0.1) is 5.69 Å². The Kier molecular flexibility index (Phi) is 2.51. The summed E-state index contributed by atoms with van der Waals surface area (Å²) >= 11 is 1.54. The zero-order valence-corrected chi connectivity index (χ0v) is 8.53. The Morgan fingerprint density at radius 3 is 2.64 bits per heavy atom. The molecule has 1 atom stereocenters. The molecule has 14 heavy (non-hydrogen) atoms. The zero-order chi connectivity index (χ0) is 9.97. The molecule has 2 heterocycles. The molecule has 0 amide bonds. The summed E-state index contributed by atoms with van der Waals surface area (Å²) in [7, 11) is 0. The van der Waals surface area contributed by atoms with Crippen LogP contribution in [0.4, 0.5) is 0 Å². The molecule has 0 aromatic carbocycles. The second kappa shape index (κ2) is 3.81. The van der Waals surface area contributed by atoms with E-state index in [1.165, 1.54) is 11.3 Å². The van der Waals surface area contributed by atoms with Gasteiger partial charge in [-0.1, -0.05) is 0 Å². The Balaban J connectivity index is 2.53. The van der Waals surface area contributed by atoms with E-state index in [1.807, 2.05) is 12.3 Å². The smallest absolute Gasteiger partial charge is 0.143 e. The SMILES string of the molecule is CC(N)c1nccnc1-c1nccs1. The quantitative estimate of drug-likeness (QED) is 0.811. The van der Waals surface area contributed by atoms with Crippen LogP contribution in [0.5, 0.6) is 0 Å². The molecule has 0 fully saturated rings. The standard InChI is InChI=1S/C9H10N4S/c1-6(10)7-8(12-3-2-11-7)9-13-4-5-14-9/h2-6H,10H2,1H3. The highest BCUT2D eigenvalue weighted by Crippen LogP contribution is 2.24. The lowest BCUT2D eigenvalue weighted by Gasteiger charge is -2.07. The lowest BCUT2D eigenvalue weighted by Crippen LogP contribution is -2.09. The Morgan fingerprint density at radius 1 is 1.21 bits per heavy atom. The molecule has 2 N–H and O–H groups in total. The van der Waals surface area contributed by atoms with Crippen molar-refractivity contribution in [3.63, 3.8) is 0 Å². The molecule has 0 bridgehead atoms. The molecule has 0 aliphatic carbocycles. The van der Waals surface area contributed by atoms with E-state index < -0.39 is 0 Å². The van der Waals surface area contributed by atoms with E-state index in [0.29, 0.717) is 0 Å². The summed E-state index contributed by atoms with van der Waals surface area (Å²) in [5, 5.41) is 2.78. The predicted molar refractivity (Wildman–Crippen MR) is 55.7 cm³/mol. The number of hydrogen-bond acceptors (Lipinski definition) is 5. The van der Waals surface area contributed by atoms with E-state index in [-0.39, 0.29) is 6.04 Å². The van der Waals surface area contributed by atoms with Crippen molar-refractivity contribution in [3.05, 3.63) is 29.7 Å². The molecule has 1 unspecified atom stereocenters. The van der Waals surface area contributed by atoms with E-state index in [4.69, 9.17) is 5.73 Å². The van der Waals surface area contributed by atoms with Crippen LogP contribution in [-0.2, 0) is 0 Å². The van der Waals surface area contributed by atoms with Crippen LogP contribution < -0.4 is 5.73 Å². The van der Waals surface area contributed by atoms with Crippen LogP contribution in [0.25, 0.3) is 10.7 Å². The minimum atomic E-state index is -0.123. The van der Waals surface area contributed by atoms with Gasteiger partial charge in [0, 0.05) is 30.0 Å². The average molecular weight is 206 g/mol. The maximum Gasteiger partial charge on any atom is 0.143 e. The molecule has 0 saturated heterocycles. The van der Waals surface area contributed by atoms with Gasteiger partial charge in [0.15, 0.2) is 0 Å². The Hall–Kier alpha value is -1.33. The maximum absolute atomic E-state index is 5.79. The molecule has 0 radical (unpaired) electrons. The van der Waals surface area contributed by atoms with Crippen molar-refractivity contribution in [2.75, 3.05) is 0 Å². The maximum atomic E-state index is 5.79. The van der Waals surface area contributed by atoms with Crippen LogP contribution in [0.1, 0.15) is 18.7 Å². The van der Waals surface area contributed by atoms with Crippen LogP contribution >= 0.6 is 11.3 Å². The van der Waals surface area contributed by atoms with Gasteiger partial charge in [-0.25, -0.2) is 4.98 Å². The summed E-state index contributed by atoms with van der Waals surface area (Å²) in [4.78, 5) is 12.7. The van der Waals surface area contributed by atoms with Gasteiger partial charge in [-0.05, 0) is 6.92 Å². The van der Waals surface area contributed by atoms with E-state index in [1.54, 1.807) is 18.6 Å². The van der Waals surface area contributed by atoms with Crippen molar-refractivity contribution in [3.8, 4) is 10.7 Å². The molecule has 0 spiro atoms. The van der Waals surface area contributed by atoms with Crippen LogP contribution in [0.15, 0.2) is 24.0 Å². The number of rotatable bonds is 2. The first-order valence-electron chi connectivity index (χ1n) is 4.25. The summed E-state index contributed by atoms with van der Waals surface area (Å²) in [6, 6.07) is -0.123. The van der Waals surface area contributed by atoms with Crippen molar-refractivity contribution in [2.45, 2.75) is 13.0 Å². The number of aromatic nitrogens is 3. The van der Waals surface area contributed by atoms with Crippen LogP contribution in [0.3, 0.4) is 0 Å². The van der Waals surface area contributed by atoms with Gasteiger partial charge in [-0.3, -0.25) is 9.97 Å². The minimum absolute atomic E-state index is 0.123. The van der Waals surface area contributed by atoms with Gasteiger partial charge < -0.3 is 5.73 Å². The molecule has 4 nitrogen and oxygen atoms in total. The fourth-order valence-corrected chi connectivity index (χ4v) is 1.83. The third-order valence-electron chi connectivity index (χ3n) is 1.79. The van der Waals surface area contributed by atoms with E-state index in [2.05, 4.69) is 15.0 Å². The molecule has 2 rings (SSSR count). The topological polar surface area (TPSA) is 64.7 Å². The van der Waals surface area contributed by atoms with Crippen molar-refractivity contribution in [1.29, 1.82) is 0 Å². The molecule has 2 aromatic rings. The highest BCUT2D eigenvalue weighted by atomic mass is 32.1.